The molecule has 0 saturated carbocycles. The molecule has 0 aliphatic carbocycles. The van der Waals surface area contributed by atoms with Crippen LogP contribution in [0.15, 0.2) is 18.5 Å². The van der Waals surface area contributed by atoms with E-state index in [-0.39, 0.29) is 16.6 Å². The highest BCUT2D eigenvalue weighted by atomic mass is 15.3. The van der Waals surface area contributed by atoms with Gasteiger partial charge in [0.1, 0.15) is 0 Å². The quantitative estimate of drug-likeness (QED) is 0.375. The summed E-state index contributed by atoms with van der Waals surface area (Å²) in [4.78, 5) is 0. The Kier molecular flexibility index (Phi) is 8.92. The van der Waals surface area contributed by atoms with Gasteiger partial charge >= 0.3 is 0 Å². The second-order valence-electron chi connectivity index (χ2n) is 12.0. The maximum absolute atomic E-state index is 4.40. The number of aryl methyl sites for hydroxylation is 5. The van der Waals surface area contributed by atoms with E-state index in [1.165, 1.54) is 22.5 Å². The van der Waals surface area contributed by atoms with Crippen molar-refractivity contribution in [3.63, 3.8) is 0 Å². The van der Waals surface area contributed by atoms with Gasteiger partial charge in [-0.05, 0) is 121 Å². The molecule has 0 bridgehead atoms. The Labute approximate surface area is 202 Å². The van der Waals surface area contributed by atoms with Gasteiger partial charge in [-0.25, -0.2) is 0 Å². The van der Waals surface area contributed by atoms with Crippen LogP contribution in [0, 0.1) is 41.5 Å². The number of aromatic nitrogens is 6. The summed E-state index contributed by atoms with van der Waals surface area (Å²) in [5.74, 6) is 0. The summed E-state index contributed by atoms with van der Waals surface area (Å²) in [6.45, 7) is 31.8. The van der Waals surface area contributed by atoms with Crippen LogP contribution in [0.5, 0.6) is 0 Å². The highest BCUT2D eigenvalue weighted by molar-refractivity contribution is 5.15. The van der Waals surface area contributed by atoms with Crippen LogP contribution in [0.4, 0.5) is 0 Å². The molecule has 0 fully saturated rings. The molecule has 0 saturated heterocycles. The van der Waals surface area contributed by atoms with Crippen LogP contribution in [0.3, 0.4) is 0 Å². The normalized spacial score (nSPS) is 12.1. The molecule has 0 aliphatic heterocycles. The lowest BCUT2D eigenvalue weighted by Gasteiger charge is -2.21. The molecule has 33 heavy (non-hydrogen) atoms. The fourth-order valence-electron chi connectivity index (χ4n) is 3.37. The van der Waals surface area contributed by atoms with Crippen molar-refractivity contribution in [3.05, 3.63) is 52.4 Å². The van der Waals surface area contributed by atoms with E-state index in [4.69, 9.17) is 0 Å². The predicted molar refractivity (Wildman–Crippen MR) is 140 cm³/mol. The second kappa shape index (κ2) is 10.3. The van der Waals surface area contributed by atoms with Gasteiger partial charge in [0.15, 0.2) is 0 Å². The van der Waals surface area contributed by atoms with Gasteiger partial charge in [-0.2, -0.15) is 15.3 Å². The summed E-state index contributed by atoms with van der Waals surface area (Å²) in [7, 11) is 0. The van der Waals surface area contributed by atoms with Gasteiger partial charge in [-0.15, -0.1) is 0 Å². The zero-order valence-electron chi connectivity index (χ0n) is 23.9. The van der Waals surface area contributed by atoms with Crippen molar-refractivity contribution in [1.29, 1.82) is 0 Å². The topological polar surface area (TPSA) is 53.5 Å². The molecule has 0 amide bonds. The van der Waals surface area contributed by atoms with Gasteiger partial charge in [-0.1, -0.05) is 0 Å². The highest BCUT2D eigenvalue weighted by Gasteiger charge is 2.17. The molecular weight excluding hydrogens is 408 g/mol. The Hall–Kier alpha value is -2.37. The third kappa shape index (κ3) is 8.17. The van der Waals surface area contributed by atoms with Crippen molar-refractivity contribution in [3.8, 4) is 0 Å². The summed E-state index contributed by atoms with van der Waals surface area (Å²) >= 11 is 0. The average Bonchev–Trinajstić information content (AvgIpc) is 3.26. The minimum Gasteiger partial charge on any atom is -0.267 e. The van der Waals surface area contributed by atoms with E-state index in [0.29, 0.717) is 0 Å². The molecule has 3 rings (SSSR count). The first-order valence-electron chi connectivity index (χ1n) is 11.8. The molecule has 3 aromatic rings. The molecule has 3 aromatic heterocycles. The molecule has 0 spiro atoms. The molecule has 0 aliphatic rings. The summed E-state index contributed by atoms with van der Waals surface area (Å²) in [6.07, 6.45) is 4.01. The fourth-order valence-corrected chi connectivity index (χ4v) is 3.37. The third-order valence-corrected chi connectivity index (χ3v) is 5.37. The van der Waals surface area contributed by atoms with Crippen molar-refractivity contribution in [2.75, 3.05) is 0 Å². The highest BCUT2D eigenvalue weighted by Crippen LogP contribution is 2.18. The zero-order chi connectivity index (χ0) is 25.9. The molecule has 0 aromatic carbocycles. The van der Waals surface area contributed by atoms with Gasteiger partial charge in [0.05, 0.1) is 34.2 Å². The van der Waals surface area contributed by atoms with E-state index in [2.05, 4.69) is 127 Å². The largest absolute Gasteiger partial charge is 0.267 e. The summed E-state index contributed by atoms with van der Waals surface area (Å²) in [5, 5.41) is 13.1. The van der Waals surface area contributed by atoms with Crippen LogP contribution in [-0.2, 0) is 16.6 Å². The van der Waals surface area contributed by atoms with Crippen molar-refractivity contribution in [2.24, 2.45) is 0 Å². The third-order valence-electron chi connectivity index (χ3n) is 5.37. The monoisotopic (exact) mass is 456 g/mol. The molecular formula is C27H48N6. The van der Waals surface area contributed by atoms with E-state index in [0.717, 1.165) is 11.4 Å². The number of nitrogens with zero attached hydrogens (tertiary/aromatic N) is 6. The minimum atomic E-state index is 0.109. The molecule has 0 unspecified atom stereocenters. The standard InChI is InChI=1S/3C9H16N2/c1-7-6-11(9(3,4)5)10-8(7)2;1-7-6-10-11(8(7)2)9(3,4)5;1-7-6-8(2)11(10-7)9(3,4)5/h3*6H,1-5H3. The van der Waals surface area contributed by atoms with Gasteiger partial charge in [0.2, 0.25) is 0 Å². The molecule has 0 atom stereocenters. The first-order valence-corrected chi connectivity index (χ1v) is 11.8. The zero-order valence-corrected chi connectivity index (χ0v) is 23.9. The van der Waals surface area contributed by atoms with Crippen LogP contribution in [0.1, 0.15) is 96.2 Å². The molecule has 186 valence electrons. The van der Waals surface area contributed by atoms with Crippen molar-refractivity contribution in [1.82, 2.24) is 29.3 Å². The number of hydrogen-bond donors (Lipinski definition) is 0. The predicted octanol–water partition coefficient (Wildman–Crippen LogP) is 6.76. The van der Waals surface area contributed by atoms with Crippen LogP contribution in [0.25, 0.3) is 0 Å². The van der Waals surface area contributed by atoms with Crippen molar-refractivity contribution < 1.29 is 0 Å². The Bertz CT molecular complexity index is 995. The summed E-state index contributed by atoms with van der Waals surface area (Å²) < 4.78 is 6.13. The van der Waals surface area contributed by atoms with E-state index in [1.807, 2.05) is 24.7 Å². The lowest BCUT2D eigenvalue weighted by molar-refractivity contribution is 0.346. The number of rotatable bonds is 0. The van der Waals surface area contributed by atoms with Crippen LogP contribution in [-0.4, -0.2) is 29.3 Å². The second-order valence-corrected chi connectivity index (χ2v) is 12.0. The van der Waals surface area contributed by atoms with Gasteiger partial charge < -0.3 is 0 Å². The summed E-state index contributed by atoms with van der Waals surface area (Å²) in [5.41, 5.74) is 7.57. The van der Waals surface area contributed by atoms with Crippen molar-refractivity contribution in [2.45, 2.75) is 120 Å². The molecule has 6 heteroatoms. The molecule has 0 radical (unpaired) electrons. The van der Waals surface area contributed by atoms with Gasteiger partial charge in [0.25, 0.3) is 0 Å². The van der Waals surface area contributed by atoms with Crippen molar-refractivity contribution >= 4 is 0 Å². The SMILES string of the molecule is Cc1cc(C)n(C(C)(C)C)n1.Cc1cn(C(C)(C)C)nc1C.Cc1cnn(C(C)(C)C)c1C. The Morgan fingerprint density at radius 3 is 1.33 bits per heavy atom. The smallest absolute Gasteiger partial charge is 0.0623 e. The van der Waals surface area contributed by atoms with Crippen LogP contribution >= 0.6 is 0 Å². The Morgan fingerprint density at radius 2 is 1.15 bits per heavy atom. The Morgan fingerprint density at radius 1 is 0.636 bits per heavy atom. The van der Waals surface area contributed by atoms with Gasteiger partial charge in [0, 0.05) is 17.6 Å². The molecule has 6 nitrogen and oxygen atoms in total. The van der Waals surface area contributed by atoms with Crippen LogP contribution in [0.2, 0.25) is 0 Å². The van der Waals surface area contributed by atoms with E-state index in [1.54, 1.807) is 0 Å². The maximum Gasteiger partial charge on any atom is 0.0623 e. The lowest BCUT2D eigenvalue weighted by Crippen LogP contribution is -2.24. The van der Waals surface area contributed by atoms with E-state index < -0.39 is 0 Å². The Balaban J connectivity index is 0.000000247. The lowest BCUT2D eigenvalue weighted by atomic mass is 10.1. The van der Waals surface area contributed by atoms with Gasteiger partial charge in [-0.3, -0.25) is 14.0 Å². The minimum absolute atomic E-state index is 0.109. The number of hydrogen-bond acceptors (Lipinski definition) is 3. The molecule has 3 heterocycles. The van der Waals surface area contributed by atoms with Crippen LogP contribution < -0.4 is 0 Å². The first kappa shape index (κ1) is 28.7. The average molecular weight is 457 g/mol. The van der Waals surface area contributed by atoms with E-state index in [9.17, 15) is 0 Å². The maximum atomic E-state index is 4.40. The van der Waals surface area contributed by atoms with E-state index >= 15 is 0 Å². The first-order chi connectivity index (χ1) is 14.7. The summed E-state index contributed by atoms with van der Waals surface area (Å²) in [6, 6.07) is 2.10. The fraction of sp³-hybridized carbons (Fsp3) is 0.667. The molecule has 0 N–H and O–H groups in total.